The summed E-state index contributed by atoms with van der Waals surface area (Å²) < 4.78 is 27.5. The van der Waals surface area contributed by atoms with E-state index in [0.717, 1.165) is 11.1 Å². The van der Waals surface area contributed by atoms with Crippen LogP contribution in [0.2, 0.25) is 0 Å². The topological polar surface area (TPSA) is 74.3 Å². The van der Waals surface area contributed by atoms with Crippen LogP contribution in [0.5, 0.6) is 0 Å². The average molecular weight is 417 g/mol. The van der Waals surface area contributed by atoms with Gasteiger partial charge in [-0.25, -0.2) is 8.42 Å². The molecule has 1 saturated heterocycles. The quantitative estimate of drug-likeness (QED) is 0.775. The summed E-state index contributed by atoms with van der Waals surface area (Å²) >= 11 is 0. The molecule has 0 unspecified atom stereocenters. The maximum absolute atomic E-state index is 13.0. The SMILES string of the molecule is Cc1ccc(S(=O)(=O)N2CCN(C(=O)C[NH2+][C@H](C)c3ccccc3)CC2)c(C)c1. The van der Waals surface area contributed by atoms with Crippen molar-refractivity contribution in [2.75, 3.05) is 32.7 Å². The van der Waals surface area contributed by atoms with E-state index in [2.05, 4.69) is 19.1 Å². The Bertz CT molecular complexity index is 953. The number of nitrogens with zero attached hydrogens (tertiary/aromatic N) is 2. The van der Waals surface area contributed by atoms with Gasteiger partial charge in [-0.05, 0) is 32.4 Å². The van der Waals surface area contributed by atoms with E-state index < -0.39 is 10.0 Å². The number of amides is 1. The molecule has 1 fully saturated rings. The van der Waals surface area contributed by atoms with Gasteiger partial charge in [-0.1, -0.05) is 48.0 Å². The number of rotatable bonds is 6. The van der Waals surface area contributed by atoms with Crippen LogP contribution in [0.4, 0.5) is 0 Å². The summed E-state index contributed by atoms with van der Waals surface area (Å²) in [5.74, 6) is 0.0522. The average Bonchev–Trinajstić information content (AvgIpc) is 2.72. The molecule has 3 rings (SSSR count). The van der Waals surface area contributed by atoms with E-state index in [4.69, 9.17) is 0 Å². The summed E-state index contributed by atoms with van der Waals surface area (Å²) in [7, 11) is -3.53. The largest absolute Gasteiger partial charge is 0.335 e. The Morgan fingerprint density at radius 1 is 1.03 bits per heavy atom. The van der Waals surface area contributed by atoms with E-state index in [1.54, 1.807) is 11.0 Å². The van der Waals surface area contributed by atoms with Crippen molar-refractivity contribution >= 4 is 15.9 Å². The highest BCUT2D eigenvalue weighted by Crippen LogP contribution is 2.22. The number of carbonyl (C=O) groups excluding carboxylic acids is 1. The number of hydrogen-bond donors (Lipinski definition) is 1. The molecule has 1 atom stereocenters. The lowest BCUT2D eigenvalue weighted by Gasteiger charge is -2.34. The molecule has 0 aliphatic carbocycles. The van der Waals surface area contributed by atoms with Crippen LogP contribution < -0.4 is 5.32 Å². The third kappa shape index (κ3) is 5.04. The van der Waals surface area contributed by atoms with Crippen molar-refractivity contribution in [3.05, 3.63) is 65.2 Å². The van der Waals surface area contributed by atoms with Crippen molar-refractivity contribution < 1.29 is 18.5 Å². The molecular weight excluding hydrogens is 386 g/mol. The third-order valence-corrected chi connectivity index (χ3v) is 7.57. The Morgan fingerprint density at radius 3 is 2.31 bits per heavy atom. The fraction of sp³-hybridized carbons (Fsp3) is 0.409. The normalized spacial score (nSPS) is 16.6. The summed E-state index contributed by atoms with van der Waals surface area (Å²) in [6, 6.07) is 15.7. The predicted octanol–water partition coefficient (Wildman–Crippen LogP) is 1.46. The molecule has 1 heterocycles. The van der Waals surface area contributed by atoms with Gasteiger partial charge in [0.1, 0.15) is 6.04 Å². The van der Waals surface area contributed by atoms with Crippen LogP contribution in [-0.4, -0.2) is 56.3 Å². The highest BCUT2D eigenvalue weighted by molar-refractivity contribution is 7.89. The van der Waals surface area contributed by atoms with Gasteiger partial charge in [0.25, 0.3) is 5.91 Å². The van der Waals surface area contributed by atoms with Crippen LogP contribution >= 0.6 is 0 Å². The van der Waals surface area contributed by atoms with E-state index in [-0.39, 0.29) is 11.9 Å². The van der Waals surface area contributed by atoms with E-state index in [1.807, 2.05) is 49.5 Å². The predicted molar refractivity (Wildman–Crippen MR) is 113 cm³/mol. The zero-order chi connectivity index (χ0) is 21.0. The van der Waals surface area contributed by atoms with Crippen molar-refractivity contribution in [2.24, 2.45) is 0 Å². The summed E-state index contributed by atoms with van der Waals surface area (Å²) in [5.41, 5.74) is 2.98. The molecule has 2 aromatic rings. The van der Waals surface area contributed by atoms with Gasteiger partial charge in [-0.3, -0.25) is 4.79 Å². The van der Waals surface area contributed by atoms with Gasteiger partial charge in [-0.2, -0.15) is 4.31 Å². The van der Waals surface area contributed by atoms with Gasteiger partial charge >= 0.3 is 0 Å². The second kappa shape index (κ2) is 9.07. The highest BCUT2D eigenvalue weighted by atomic mass is 32.2. The Morgan fingerprint density at radius 2 is 1.69 bits per heavy atom. The fourth-order valence-electron chi connectivity index (χ4n) is 3.71. The molecule has 1 aliphatic heterocycles. The van der Waals surface area contributed by atoms with Crippen molar-refractivity contribution in [1.29, 1.82) is 0 Å². The van der Waals surface area contributed by atoms with Crippen LogP contribution in [-0.2, 0) is 14.8 Å². The molecular formula is C22H30N3O3S+. The summed E-state index contributed by atoms with van der Waals surface area (Å²) in [6.07, 6.45) is 0. The maximum atomic E-state index is 13.0. The number of sulfonamides is 1. The highest BCUT2D eigenvalue weighted by Gasteiger charge is 2.31. The molecule has 2 aromatic carbocycles. The molecule has 0 radical (unpaired) electrons. The number of nitrogens with two attached hydrogens (primary N) is 1. The molecule has 0 aromatic heterocycles. The third-order valence-electron chi connectivity index (χ3n) is 5.51. The first-order valence-electron chi connectivity index (χ1n) is 10.0. The van der Waals surface area contributed by atoms with Crippen LogP contribution in [0.25, 0.3) is 0 Å². The lowest BCUT2D eigenvalue weighted by Crippen LogP contribution is -2.87. The Kier molecular flexibility index (Phi) is 6.72. The van der Waals surface area contributed by atoms with Gasteiger partial charge in [0.15, 0.2) is 6.54 Å². The van der Waals surface area contributed by atoms with Crippen molar-refractivity contribution in [2.45, 2.75) is 31.7 Å². The Hall–Kier alpha value is -2.22. The zero-order valence-electron chi connectivity index (χ0n) is 17.3. The molecule has 1 amide bonds. The Balaban J connectivity index is 1.55. The lowest BCUT2D eigenvalue weighted by molar-refractivity contribution is -0.683. The number of quaternary nitrogens is 1. The summed E-state index contributed by atoms with van der Waals surface area (Å²) in [6.45, 7) is 7.72. The zero-order valence-corrected chi connectivity index (χ0v) is 18.2. The lowest BCUT2D eigenvalue weighted by atomic mass is 10.1. The molecule has 7 heteroatoms. The minimum atomic E-state index is -3.53. The first-order chi connectivity index (χ1) is 13.8. The Labute approximate surface area is 173 Å². The van der Waals surface area contributed by atoms with Crippen molar-refractivity contribution in [3.8, 4) is 0 Å². The number of piperazine rings is 1. The number of benzene rings is 2. The molecule has 2 N–H and O–H groups in total. The molecule has 0 saturated carbocycles. The molecule has 0 spiro atoms. The second-order valence-corrected chi connectivity index (χ2v) is 9.60. The van der Waals surface area contributed by atoms with Gasteiger partial charge in [0.05, 0.1) is 4.90 Å². The van der Waals surface area contributed by atoms with Crippen LogP contribution in [0.3, 0.4) is 0 Å². The molecule has 0 bridgehead atoms. The summed E-state index contributed by atoms with van der Waals surface area (Å²) in [4.78, 5) is 14.7. The standard InChI is InChI=1S/C22H29N3O3S/c1-17-9-10-21(18(2)15-17)29(27,28)25-13-11-24(12-14-25)22(26)16-23-19(3)20-7-5-4-6-8-20/h4-10,15,19,23H,11-14,16H2,1-3H3/p+1/t19-/m1/s1. The van der Waals surface area contributed by atoms with E-state index in [9.17, 15) is 13.2 Å². The minimum Gasteiger partial charge on any atom is -0.335 e. The van der Waals surface area contributed by atoms with Gasteiger partial charge in [0.2, 0.25) is 10.0 Å². The van der Waals surface area contributed by atoms with Crippen LogP contribution in [0.1, 0.15) is 29.7 Å². The smallest absolute Gasteiger partial charge is 0.277 e. The van der Waals surface area contributed by atoms with Gasteiger partial charge in [0, 0.05) is 31.7 Å². The molecule has 6 nitrogen and oxygen atoms in total. The second-order valence-electron chi connectivity index (χ2n) is 7.69. The van der Waals surface area contributed by atoms with Gasteiger partial charge < -0.3 is 10.2 Å². The van der Waals surface area contributed by atoms with Gasteiger partial charge in [-0.15, -0.1) is 0 Å². The van der Waals surface area contributed by atoms with E-state index in [1.165, 1.54) is 9.87 Å². The minimum absolute atomic E-state index is 0.0522. The number of hydrogen-bond acceptors (Lipinski definition) is 3. The molecule has 1 aliphatic rings. The molecule has 156 valence electrons. The number of carbonyl (C=O) groups is 1. The molecule has 29 heavy (non-hydrogen) atoms. The van der Waals surface area contributed by atoms with Crippen LogP contribution in [0.15, 0.2) is 53.4 Å². The maximum Gasteiger partial charge on any atom is 0.277 e. The van der Waals surface area contributed by atoms with Crippen molar-refractivity contribution in [1.82, 2.24) is 9.21 Å². The monoisotopic (exact) mass is 416 g/mol. The van der Waals surface area contributed by atoms with E-state index >= 15 is 0 Å². The summed E-state index contributed by atoms with van der Waals surface area (Å²) in [5, 5.41) is 2.02. The number of aryl methyl sites for hydroxylation is 2. The van der Waals surface area contributed by atoms with E-state index in [0.29, 0.717) is 37.6 Å². The van der Waals surface area contributed by atoms with Crippen molar-refractivity contribution in [3.63, 3.8) is 0 Å². The fourth-order valence-corrected chi connectivity index (χ4v) is 5.33. The first-order valence-corrected chi connectivity index (χ1v) is 11.5. The van der Waals surface area contributed by atoms with Crippen LogP contribution in [0, 0.1) is 13.8 Å². The first kappa shape index (κ1) is 21.5.